The van der Waals surface area contributed by atoms with Crippen molar-refractivity contribution in [2.75, 3.05) is 13.2 Å². The van der Waals surface area contributed by atoms with Gasteiger partial charge in [0.05, 0.1) is 18.6 Å². The Kier molecular flexibility index (Phi) is 7.95. The lowest BCUT2D eigenvalue weighted by molar-refractivity contribution is -0.143. The SMILES string of the molecule is CCOC(=O)CCNC(=O)C1(N)CCCCC1.Cl. The molecule has 0 aromatic carbocycles. The summed E-state index contributed by atoms with van der Waals surface area (Å²) in [6.07, 6.45) is 4.82. The molecular formula is C12H23ClN2O3. The molecule has 0 aromatic heterocycles. The van der Waals surface area contributed by atoms with E-state index in [0.29, 0.717) is 13.2 Å². The van der Waals surface area contributed by atoms with E-state index in [1.54, 1.807) is 6.92 Å². The van der Waals surface area contributed by atoms with E-state index >= 15 is 0 Å². The number of hydrogen-bond donors (Lipinski definition) is 2. The number of nitrogens with one attached hydrogen (secondary N) is 1. The summed E-state index contributed by atoms with van der Waals surface area (Å²) >= 11 is 0. The van der Waals surface area contributed by atoms with Gasteiger partial charge in [-0.25, -0.2) is 0 Å². The van der Waals surface area contributed by atoms with Gasteiger partial charge in [-0.1, -0.05) is 19.3 Å². The second kappa shape index (κ2) is 8.32. The molecule has 0 aromatic rings. The number of halogens is 1. The van der Waals surface area contributed by atoms with Crippen LogP contribution < -0.4 is 11.1 Å². The van der Waals surface area contributed by atoms with Gasteiger partial charge >= 0.3 is 5.97 Å². The Morgan fingerprint density at radius 3 is 2.44 bits per heavy atom. The van der Waals surface area contributed by atoms with Crippen LogP contribution in [-0.2, 0) is 14.3 Å². The fourth-order valence-electron chi connectivity index (χ4n) is 2.10. The topological polar surface area (TPSA) is 81.4 Å². The molecule has 1 fully saturated rings. The number of carbonyl (C=O) groups excluding carboxylic acids is 2. The molecule has 1 saturated carbocycles. The molecule has 1 amide bonds. The molecule has 0 bridgehead atoms. The van der Waals surface area contributed by atoms with Gasteiger partial charge in [0.15, 0.2) is 0 Å². The number of nitrogens with two attached hydrogens (primary N) is 1. The van der Waals surface area contributed by atoms with Crippen molar-refractivity contribution in [2.24, 2.45) is 5.73 Å². The van der Waals surface area contributed by atoms with E-state index < -0.39 is 5.54 Å². The first-order chi connectivity index (χ1) is 8.08. The zero-order chi connectivity index (χ0) is 12.7. The largest absolute Gasteiger partial charge is 0.466 e. The maximum Gasteiger partial charge on any atom is 0.307 e. The predicted octanol–water partition coefficient (Wildman–Crippen LogP) is 1.14. The maximum absolute atomic E-state index is 11.9. The van der Waals surface area contributed by atoms with Crippen LogP contribution >= 0.6 is 12.4 Å². The highest BCUT2D eigenvalue weighted by atomic mass is 35.5. The van der Waals surface area contributed by atoms with Crippen molar-refractivity contribution in [1.82, 2.24) is 5.32 Å². The minimum absolute atomic E-state index is 0. The van der Waals surface area contributed by atoms with E-state index in [9.17, 15) is 9.59 Å². The molecule has 0 unspecified atom stereocenters. The van der Waals surface area contributed by atoms with Crippen LogP contribution in [0.1, 0.15) is 45.4 Å². The zero-order valence-corrected chi connectivity index (χ0v) is 11.7. The van der Waals surface area contributed by atoms with Crippen molar-refractivity contribution >= 4 is 24.3 Å². The molecule has 0 heterocycles. The normalized spacial score (nSPS) is 17.4. The summed E-state index contributed by atoms with van der Waals surface area (Å²) in [7, 11) is 0. The molecule has 1 aliphatic carbocycles. The standard InChI is InChI=1S/C12H22N2O3.ClH/c1-2-17-10(15)6-9-14-11(16)12(13)7-4-3-5-8-12;/h2-9,13H2,1H3,(H,14,16);1H. The average Bonchev–Trinajstić information content (AvgIpc) is 2.30. The summed E-state index contributed by atoms with van der Waals surface area (Å²) < 4.78 is 4.77. The lowest BCUT2D eigenvalue weighted by atomic mass is 9.82. The Morgan fingerprint density at radius 1 is 1.28 bits per heavy atom. The molecule has 1 rings (SSSR count). The minimum Gasteiger partial charge on any atom is -0.466 e. The van der Waals surface area contributed by atoms with E-state index in [1.807, 2.05) is 0 Å². The fourth-order valence-corrected chi connectivity index (χ4v) is 2.10. The van der Waals surface area contributed by atoms with Crippen LogP contribution in [0.15, 0.2) is 0 Å². The lowest BCUT2D eigenvalue weighted by Crippen LogP contribution is -2.55. The maximum atomic E-state index is 11.9. The van der Waals surface area contributed by atoms with Gasteiger partial charge in [0.2, 0.25) is 5.91 Å². The zero-order valence-electron chi connectivity index (χ0n) is 10.9. The van der Waals surface area contributed by atoms with Crippen LogP contribution in [-0.4, -0.2) is 30.6 Å². The van der Waals surface area contributed by atoms with Crippen LogP contribution in [0.5, 0.6) is 0 Å². The third-order valence-electron chi connectivity index (χ3n) is 3.12. The number of carbonyl (C=O) groups is 2. The fraction of sp³-hybridized carbons (Fsp3) is 0.833. The van der Waals surface area contributed by atoms with Gasteiger partial charge in [0.1, 0.15) is 0 Å². The van der Waals surface area contributed by atoms with E-state index in [-0.39, 0.29) is 30.7 Å². The quantitative estimate of drug-likeness (QED) is 0.739. The van der Waals surface area contributed by atoms with Crippen molar-refractivity contribution in [2.45, 2.75) is 51.0 Å². The second-order valence-electron chi connectivity index (χ2n) is 4.53. The van der Waals surface area contributed by atoms with E-state index in [4.69, 9.17) is 10.5 Å². The first-order valence-electron chi connectivity index (χ1n) is 6.31. The molecule has 6 heteroatoms. The summed E-state index contributed by atoms with van der Waals surface area (Å²) in [5.41, 5.74) is 5.32. The molecule has 3 N–H and O–H groups in total. The van der Waals surface area contributed by atoms with E-state index in [1.165, 1.54) is 0 Å². The number of esters is 1. The number of hydrogen-bond acceptors (Lipinski definition) is 4. The number of amides is 1. The third-order valence-corrected chi connectivity index (χ3v) is 3.12. The summed E-state index contributed by atoms with van der Waals surface area (Å²) in [6, 6.07) is 0. The van der Waals surface area contributed by atoms with Crippen molar-refractivity contribution in [1.29, 1.82) is 0 Å². The van der Waals surface area contributed by atoms with Crippen LogP contribution in [0.25, 0.3) is 0 Å². The molecule has 106 valence electrons. The Morgan fingerprint density at radius 2 is 1.89 bits per heavy atom. The highest BCUT2D eigenvalue weighted by Gasteiger charge is 2.34. The van der Waals surface area contributed by atoms with Crippen LogP contribution in [0.2, 0.25) is 0 Å². The monoisotopic (exact) mass is 278 g/mol. The van der Waals surface area contributed by atoms with Crippen molar-refractivity contribution in [3.05, 3.63) is 0 Å². The first kappa shape index (κ1) is 17.2. The number of ether oxygens (including phenoxy) is 1. The molecule has 5 nitrogen and oxygen atoms in total. The molecule has 0 atom stereocenters. The van der Waals surface area contributed by atoms with E-state index in [0.717, 1.165) is 32.1 Å². The highest BCUT2D eigenvalue weighted by molar-refractivity contribution is 5.86. The van der Waals surface area contributed by atoms with Gasteiger partial charge in [-0.05, 0) is 19.8 Å². The van der Waals surface area contributed by atoms with E-state index in [2.05, 4.69) is 5.32 Å². The van der Waals surface area contributed by atoms with Gasteiger partial charge in [-0.15, -0.1) is 12.4 Å². The molecule has 0 radical (unpaired) electrons. The Hall–Kier alpha value is -0.810. The Labute approximate surface area is 114 Å². The van der Waals surface area contributed by atoms with Crippen LogP contribution in [0, 0.1) is 0 Å². The Balaban J connectivity index is 0.00000289. The number of rotatable bonds is 5. The van der Waals surface area contributed by atoms with Crippen molar-refractivity contribution < 1.29 is 14.3 Å². The predicted molar refractivity (Wildman–Crippen MR) is 71.5 cm³/mol. The van der Waals surface area contributed by atoms with Gasteiger partial charge in [-0.2, -0.15) is 0 Å². The highest BCUT2D eigenvalue weighted by Crippen LogP contribution is 2.25. The molecule has 1 aliphatic rings. The van der Waals surface area contributed by atoms with Crippen LogP contribution in [0.3, 0.4) is 0 Å². The van der Waals surface area contributed by atoms with Gasteiger partial charge < -0.3 is 15.8 Å². The molecular weight excluding hydrogens is 256 g/mol. The summed E-state index contributed by atoms with van der Waals surface area (Å²) in [6.45, 7) is 2.43. The second-order valence-corrected chi connectivity index (χ2v) is 4.53. The summed E-state index contributed by atoms with van der Waals surface area (Å²) in [5.74, 6) is -0.427. The lowest BCUT2D eigenvalue weighted by Gasteiger charge is -2.31. The molecule has 0 aliphatic heterocycles. The summed E-state index contributed by atoms with van der Waals surface area (Å²) in [5, 5.41) is 2.72. The van der Waals surface area contributed by atoms with Crippen molar-refractivity contribution in [3.63, 3.8) is 0 Å². The molecule has 0 spiro atoms. The first-order valence-corrected chi connectivity index (χ1v) is 6.31. The van der Waals surface area contributed by atoms with Gasteiger partial charge in [0, 0.05) is 6.54 Å². The summed E-state index contributed by atoms with van der Waals surface area (Å²) in [4.78, 5) is 22.9. The van der Waals surface area contributed by atoms with Gasteiger partial charge in [-0.3, -0.25) is 9.59 Å². The average molecular weight is 279 g/mol. The molecule has 0 saturated heterocycles. The van der Waals surface area contributed by atoms with Crippen LogP contribution in [0.4, 0.5) is 0 Å². The third kappa shape index (κ3) is 5.23. The van der Waals surface area contributed by atoms with Gasteiger partial charge in [0.25, 0.3) is 0 Å². The minimum atomic E-state index is -0.729. The van der Waals surface area contributed by atoms with Crippen molar-refractivity contribution in [3.8, 4) is 0 Å². The Bertz CT molecular complexity index is 278. The smallest absolute Gasteiger partial charge is 0.307 e. The molecule has 18 heavy (non-hydrogen) atoms.